The molecule has 122 valence electrons. The molecular formula is C15H21NO5S. The number of aliphatic hydroxyl groups is 1. The first-order valence-electron chi connectivity index (χ1n) is 7.35. The zero-order valence-electron chi connectivity index (χ0n) is 12.6. The lowest BCUT2D eigenvalue weighted by Gasteiger charge is -2.36. The fourth-order valence-corrected chi connectivity index (χ4v) is 4.92. The summed E-state index contributed by atoms with van der Waals surface area (Å²) in [6.07, 6.45) is 0.697. The molecule has 0 radical (unpaired) electrons. The van der Waals surface area contributed by atoms with Gasteiger partial charge >= 0.3 is 0 Å². The Morgan fingerprint density at radius 3 is 2.73 bits per heavy atom. The van der Waals surface area contributed by atoms with Gasteiger partial charge in [-0.05, 0) is 30.7 Å². The largest absolute Gasteiger partial charge is 0.497 e. The van der Waals surface area contributed by atoms with E-state index in [1.165, 1.54) is 4.31 Å². The number of benzene rings is 1. The van der Waals surface area contributed by atoms with E-state index in [1.807, 2.05) is 0 Å². The third kappa shape index (κ3) is 2.52. The van der Waals surface area contributed by atoms with Gasteiger partial charge in [-0.25, -0.2) is 8.42 Å². The van der Waals surface area contributed by atoms with Crippen LogP contribution < -0.4 is 4.74 Å². The van der Waals surface area contributed by atoms with Crippen LogP contribution in [0.1, 0.15) is 6.42 Å². The first kappa shape index (κ1) is 15.7. The van der Waals surface area contributed by atoms with Gasteiger partial charge in [0.05, 0.1) is 25.2 Å². The van der Waals surface area contributed by atoms with E-state index in [1.54, 1.807) is 31.4 Å². The summed E-state index contributed by atoms with van der Waals surface area (Å²) in [6, 6.07) is 6.39. The van der Waals surface area contributed by atoms with Gasteiger partial charge in [0.1, 0.15) is 5.75 Å². The van der Waals surface area contributed by atoms with Gasteiger partial charge < -0.3 is 14.6 Å². The maximum atomic E-state index is 12.8. The maximum absolute atomic E-state index is 12.8. The number of rotatable bonds is 4. The van der Waals surface area contributed by atoms with Gasteiger partial charge in [0, 0.05) is 31.0 Å². The number of sulfonamides is 1. The fourth-order valence-electron chi connectivity index (χ4n) is 3.34. The van der Waals surface area contributed by atoms with Gasteiger partial charge in [-0.3, -0.25) is 0 Å². The van der Waals surface area contributed by atoms with Crippen LogP contribution in [-0.2, 0) is 14.8 Å². The highest BCUT2D eigenvalue weighted by Crippen LogP contribution is 2.43. The van der Waals surface area contributed by atoms with Crippen molar-refractivity contribution < 1.29 is 23.0 Å². The monoisotopic (exact) mass is 327 g/mol. The molecule has 0 bridgehead atoms. The van der Waals surface area contributed by atoms with Crippen LogP contribution in [0.2, 0.25) is 0 Å². The number of ether oxygens (including phenoxy) is 2. The van der Waals surface area contributed by atoms with Crippen molar-refractivity contribution in [3.63, 3.8) is 0 Å². The molecule has 1 aromatic rings. The zero-order valence-corrected chi connectivity index (χ0v) is 13.4. The van der Waals surface area contributed by atoms with E-state index in [0.29, 0.717) is 38.5 Å². The Bertz CT molecular complexity index is 630. The van der Waals surface area contributed by atoms with Crippen molar-refractivity contribution in [3.05, 3.63) is 24.3 Å². The van der Waals surface area contributed by atoms with Crippen molar-refractivity contribution in [1.82, 2.24) is 4.31 Å². The Morgan fingerprint density at radius 1 is 1.41 bits per heavy atom. The molecule has 0 saturated carbocycles. The van der Waals surface area contributed by atoms with E-state index in [0.717, 1.165) is 0 Å². The average Bonchev–Trinajstić information content (AvgIpc) is 2.96. The highest BCUT2D eigenvalue weighted by molar-refractivity contribution is 7.89. The molecule has 1 N–H and O–H groups in total. The summed E-state index contributed by atoms with van der Waals surface area (Å²) >= 11 is 0. The SMILES string of the molecule is COc1ccc(S(=O)(=O)N2C[C@@H]3COCC[C@]3(CO)C2)cc1. The third-order valence-electron chi connectivity index (χ3n) is 4.86. The third-order valence-corrected chi connectivity index (χ3v) is 6.68. The minimum absolute atomic E-state index is 0.00431. The second-order valence-corrected chi connectivity index (χ2v) is 7.95. The van der Waals surface area contributed by atoms with Gasteiger partial charge in [0.2, 0.25) is 10.0 Å². The van der Waals surface area contributed by atoms with Gasteiger partial charge in [0.15, 0.2) is 0 Å². The molecule has 7 heteroatoms. The molecule has 2 saturated heterocycles. The molecule has 6 nitrogen and oxygen atoms in total. The summed E-state index contributed by atoms with van der Waals surface area (Å²) in [5.41, 5.74) is -0.363. The molecule has 2 aliphatic heterocycles. The Hall–Kier alpha value is -1.15. The highest BCUT2D eigenvalue weighted by atomic mass is 32.2. The molecule has 22 heavy (non-hydrogen) atoms. The van der Waals surface area contributed by atoms with Crippen LogP contribution in [0.25, 0.3) is 0 Å². The van der Waals surface area contributed by atoms with Gasteiger partial charge in [-0.2, -0.15) is 4.31 Å². The minimum Gasteiger partial charge on any atom is -0.497 e. The first-order valence-corrected chi connectivity index (χ1v) is 8.79. The van der Waals surface area contributed by atoms with Crippen molar-refractivity contribution in [2.75, 3.05) is 40.0 Å². The number of hydrogen-bond donors (Lipinski definition) is 1. The van der Waals surface area contributed by atoms with Crippen LogP contribution in [0.4, 0.5) is 0 Å². The van der Waals surface area contributed by atoms with Crippen LogP contribution in [0.3, 0.4) is 0 Å². The van der Waals surface area contributed by atoms with E-state index >= 15 is 0 Å². The minimum atomic E-state index is -3.56. The molecule has 1 aromatic carbocycles. The summed E-state index contributed by atoms with van der Waals surface area (Å²) in [5.74, 6) is 0.675. The molecule has 2 heterocycles. The van der Waals surface area contributed by atoms with E-state index in [2.05, 4.69) is 0 Å². The van der Waals surface area contributed by atoms with Gasteiger partial charge in [-0.15, -0.1) is 0 Å². The van der Waals surface area contributed by atoms with Crippen molar-refractivity contribution in [2.45, 2.75) is 11.3 Å². The Kier molecular flexibility index (Phi) is 4.15. The Morgan fingerprint density at radius 2 is 2.14 bits per heavy atom. The second-order valence-electron chi connectivity index (χ2n) is 6.02. The number of nitrogens with zero attached hydrogens (tertiary/aromatic N) is 1. The van der Waals surface area contributed by atoms with Crippen molar-refractivity contribution in [2.24, 2.45) is 11.3 Å². The van der Waals surface area contributed by atoms with Crippen LogP contribution in [0.15, 0.2) is 29.2 Å². The Labute approximate surface area is 130 Å². The summed E-state index contributed by atoms with van der Waals surface area (Å²) < 4.78 is 37.6. The van der Waals surface area contributed by atoms with Crippen molar-refractivity contribution in [1.29, 1.82) is 0 Å². The highest BCUT2D eigenvalue weighted by Gasteiger charge is 2.51. The molecule has 0 spiro atoms. The van der Waals surface area contributed by atoms with Crippen LogP contribution >= 0.6 is 0 Å². The summed E-state index contributed by atoms with van der Waals surface area (Å²) in [6.45, 7) is 1.83. The van der Waals surface area contributed by atoms with Crippen LogP contribution in [0.5, 0.6) is 5.75 Å². The molecule has 0 amide bonds. The maximum Gasteiger partial charge on any atom is 0.243 e. The van der Waals surface area contributed by atoms with Gasteiger partial charge in [0.25, 0.3) is 0 Å². The summed E-state index contributed by atoms with van der Waals surface area (Å²) in [5, 5.41) is 9.78. The molecule has 2 aliphatic rings. The van der Waals surface area contributed by atoms with E-state index in [-0.39, 0.29) is 22.8 Å². The van der Waals surface area contributed by atoms with Crippen molar-refractivity contribution in [3.8, 4) is 5.75 Å². The van der Waals surface area contributed by atoms with Crippen LogP contribution in [0, 0.1) is 11.3 Å². The standard InChI is InChI=1S/C15H21NO5S/c1-20-13-2-4-14(5-3-13)22(18,19)16-8-12-9-21-7-6-15(12,10-16)11-17/h2-5,12,17H,6-11H2,1H3/t12-,15-/m1/s1. The molecule has 0 unspecified atom stereocenters. The first-order chi connectivity index (χ1) is 10.5. The smallest absolute Gasteiger partial charge is 0.243 e. The zero-order chi connectivity index (χ0) is 15.8. The Balaban J connectivity index is 1.86. The number of methoxy groups -OCH3 is 1. The molecule has 0 aromatic heterocycles. The molecule has 2 fully saturated rings. The van der Waals surface area contributed by atoms with Gasteiger partial charge in [-0.1, -0.05) is 0 Å². The average molecular weight is 327 g/mol. The lowest BCUT2D eigenvalue weighted by Crippen LogP contribution is -2.41. The van der Waals surface area contributed by atoms with Crippen molar-refractivity contribution >= 4 is 10.0 Å². The lowest BCUT2D eigenvalue weighted by molar-refractivity contribution is -0.0414. The topological polar surface area (TPSA) is 76.1 Å². The number of aliphatic hydroxyl groups excluding tert-OH is 1. The van der Waals surface area contributed by atoms with Crippen LogP contribution in [-0.4, -0.2) is 57.8 Å². The van der Waals surface area contributed by atoms with E-state index in [4.69, 9.17) is 9.47 Å². The summed E-state index contributed by atoms with van der Waals surface area (Å²) in [7, 11) is -2.02. The van der Waals surface area contributed by atoms with E-state index < -0.39 is 10.0 Å². The predicted octanol–water partition coefficient (Wildman–Crippen LogP) is 0.715. The second kappa shape index (κ2) is 5.81. The lowest BCUT2D eigenvalue weighted by atomic mass is 9.75. The quantitative estimate of drug-likeness (QED) is 0.882. The molecule has 0 aliphatic carbocycles. The molecule has 2 atom stereocenters. The number of hydrogen-bond acceptors (Lipinski definition) is 5. The molecular weight excluding hydrogens is 306 g/mol. The predicted molar refractivity (Wildman–Crippen MR) is 80.2 cm³/mol. The van der Waals surface area contributed by atoms with E-state index in [9.17, 15) is 13.5 Å². The number of fused-ring (bicyclic) bond motifs is 1. The fraction of sp³-hybridized carbons (Fsp3) is 0.600. The summed E-state index contributed by atoms with van der Waals surface area (Å²) in [4.78, 5) is 0.251. The normalized spacial score (nSPS) is 29.3. The molecule has 3 rings (SSSR count).